The molecule has 2 heterocycles. The van der Waals surface area contributed by atoms with Gasteiger partial charge in [-0.3, -0.25) is 14.4 Å². The van der Waals surface area contributed by atoms with Crippen molar-refractivity contribution in [3.05, 3.63) is 70.3 Å². The second-order valence-electron chi connectivity index (χ2n) is 7.03. The van der Waals surface area contributed by atoms with Gasteiger partial charge in [0.2, 0.25) is 5.91 Å². The molecule has 1 aromatic heterocycles. The van der Waals surface area contributed by atoms with Gasteiger partial charge in [0.1, 0.15) is 11.6 Å². The van der Waals surface area contributed by atoms with Crippen LogP contribution in [0.2, 0.25) is 5.02 Å². The standard InChI is InChI=1S/C22H22ClN5O2/c1-4-5-19(29)24-21-22-27-26-13(2)28(22)18-11-10-16(30-3)12-17(18)20(25-21)14-6-8-15(23)9-7-14/h6-12,21H,4-5H2,1-3H3,(H,24,29)/t21-/m1/s1. The SMILES string of the molecule is CCCC(=O)N[C@@H]1N=C(c2ccc(Cl)cc2)c2cc(OC)ccc2-n2c(C)nnc21. The van der Waals surface area contributed by atoms with Crippen LogP contribution in [-0.2, 0) is 4.79 Å². The summed E-state index contributed by atoms with van der Waals surface area (Å²) in [6, 6.07) is 13.2. The quantitative estimate of drug-likeness (QED) is 0.672. The topological polar surface area (TPSA) is 81.4 Å². The summed E-state index contributed by atoms with van der Waals surface area (Å²) in [6.07, 6.45) is 0.486. The summed E-state index contributed by atoms with van der Waals surface area (Å²) in [5, 5.41) is 12.2. The van der Waals surface area contributed by atoms with Gasteiger partial charge in [0.05, 0.1) is 18.5 Å². The number of hydrogen-bond acceptors (Lipinski definition) is 5. The van der Waals surface area contributed by atoms with Gasteiger partial charge in [0, 0.05) is 22.6 Å². The van der Waals surface area contributed by atoms with E-state index in [0.717, 1.165) is 23.2 Å². The number of carbonyl (C=O) groups excluding carboxylic acids is 1. The van der Waals surface area contributed by atoms with Gasteiger partial charge in [-0.1, -0.05) is 30.7 Å². The number of methoxy groups -OCH3 is 1. The van der Waals surface area contributed by atoms with Crippen LogP contribution in [0.5, 0.6) is 5.75 Å². The van der Waals surface area contributed by atoms with Crippen LogP contribution in [-0.4, -0.2) is 33.5 Å². The van der Waals surface area contributed by atoms with Crippen LogP contribution in [0.25, 0.3) is 5.69 Å². The summed E-state index contributed by atoms with van der Waals surface area (Å²) in [6.45, 7) is 3.84. The molecular weight excluding hydrogens is 402 g/mol. The van der Waals surface area contributed by atoms with Crippen molar-refractivity contribution >= 4 is 23.2 Å². The maximum atomic E-state index is 12.4. The van der Waals surface area contributed by atoms with E-state index in [1.807, 2.05) is 60.9 Å². The monoisotopic (exact) mass is 423 g/mol. The van der Waals surface area contributed by atoms with E-state index >= 15 is 0 Å². The van der Waals surface area contributed by atoms with Crippen molar-refractivity contribution in [3.63, 3.8) is 0 Å². The highest BCUT2D eigenvalue weighted by Gasteiger charge is 2.29. The van der Waals surface area contributed by atoms with Crippen molar-refractivity contribution in [2.45, 2.75) is 32.9 Å². The molecule has 2 aromatic carbocycles. The molecule has 154 valence electrons. The minimum atomic E-state index is -0.672. The van der Waals surface area contributed by atoms with Crippen molar-refractivity contribution in [1.82, 2.24) is 20.1 Å². The largest absolute Gasteiger partial charge is 0.497 e. The Bertz CT molecular complexity index is 1120. The van der Waals surface area contributed by atoms with Crippen LogP contribution in [0.1, 0.15) is 48.7 Å². The molecule has 0 aliphatic carbocycles. The third kappa shape index (κ3) is 3.68. The molecule has 1 aliphatic rings. The number of halogens is 1. The fourth-order valence-corrected chi connectivity index (χ4v) is 3.65. The lowest BCUT2D eigenvalue weighted by atomic mass is 10.00. The predicted molar refractivity (Wildman–Crippen MR) is 116 cm³/mol. The Hall–Kier alpha value is -3.19. The Kier molecular flexibility index (Phi) is 5.55. The molecule has 1 N–H and O–H groups in total. The second-order valence-corrected chi connectivity index (χ2v) is 7.46. The molecule has 0 saturated heterocycles. The van der Waals surface area contributed by atoms with Crippen LogP contribution in [0, 0.1) is 6.92 Å². The van der Waals surface area contributed by atoms with Crippen molar-refractivity contribution in [1.29, 1.82) is 0 Å². The smallest absolute Gasteiger partial charge is 0.221 e. The zero-order chi connectivity index (χ0) is 21.3. The van der Waals surface area contributed by atoms with E-state index in [4.69, 9.17) is 21.3 Å². The number of nitrogens with one attached hydrogen (secondary N) is 1. The summed E-state index contributed by atoms with van der Waals surface area (Å²) in [4.78, 5) is 17.4. The van der Waals surface area contributed by atoms with Gasteiger partial charge < -0.3 is 10.1 Å². The molecule has 1 aliphatic heterocycles. The maximum Gasteiger partial charge on any atom is 0.221 e. The Labute approximate surface area is 179 Å². The van der Waals surface area contributed by atoms with E-state index in [-0.39, 0.29) is 5.91 Å². The molecule has 30 heavy (non-hydrogen) atoms. The molecule has 0 radical (unpaired) electrons. The summed E-state index contributed by atoms with van der Waals surface area (Å²) < 4.78 is 7.39. The van der Waals surface area contributed by atoms with E-state index < -0.39 is 6.17 Å². The highest BCUT2D eigenvalue weighted by Crippen LogP contribution is 2.32. The summed E-state index contributed by atoms with van der Waals surface area (Å²) >= 11 is 6.10. The number of aromatic nitrogens is 3. The Balaban J connectivity index is 1.96. The Morgan fingerprint density at radius 2 is 1.97 bits per heavy atom. The van der Waals surface area contributed by atoms with Crippen LogP contribution >= 0.6 is 11.6 Å². The Morgan fingerprint density at radius 3 is 2.67 bits per heavy atom. The highest BCUT2D eigenvalue weighted by molar-refractivity contribution is 6.30. The molecule has 0 unspecified atom stereocenters. The van der Waals surface area contributed by atoms with E-state index in [9.17, 15) is 4.79 Å². The number of fused-ring (bicyclic) bond motifs is 3. The molecule has 0 saturated carbocycles. The van der Waals surface area contributed by atoms with E-state index in [2.05, 4.69) is 15.5 Å². The van der Waals surface area contributed by atoms with Crippen LogP contribution < -0.4 is 10.1 Å². The van der Waals surface area contributed by atoms with Crippen molar-refractivity contribution in [2.24, 2.45) is 4.99 Å². The van der Waals surface area contributed by atoms with Crippen molar-refractivity contribution in [2.75, 3.05) is 7.11 Å². The van der Waals surface area contributed by atoms with Gasteiger partial charge >= 0.3 is 0 Å². The fourth-order valence-electron chi connectivity index (χ4n) is 3.52. The maximum absolute atomic E-state index is 12.4. The molecule has 3 aromatic rings. The van der Waals surface area contributed by atoms with Gasteiger partial charge in [0.15, 0.2) is 12.0 Å². The molecule has 1 atom stereocenters. The van der Waals surface area contributed by atoms with E-state index in [0.29, 0.717) is 34.6 Å². The predicted octanol–water partition coefficient (Wildman–Crippen LogP) is 4.00. The third-order valence-corrected chi connectivity index (χ3v) is 5.20. The lowest BCUT2D eigenvalue weighted by molar-refractivity contribution is -0.121. The lowest BCUT2D eigenvalue weighted by Crippen LogP contribution is -2.29. The van der Waals surface area contributed by atoms with Crippen LogP contribution in [0.4, 0.5) is 0 Å². The van der Waals surface area contributed by atoms with Gasteiger partial charge in [-0.05, 0) is 43.7 Å². The number of benzene rings is 2. The number of aliphatic imine (C=N–C) groups is 1. The van der Waals surface area contributed by atoms with Crippen molar-refractivity contribution < 1.29 is 9.53 Å². The number of nitrogens with zero attached hydrogens (tertiary/aromatic N) is 4. The normalized spacial score (nSPS) is 14.9. The summed E-state index contributed by atoms with van der Waals surface area (Å²) in [5.41, 5.74) is 3.31. The number of hydrogen-bond donors (Lipinski definition) is 1. The molecule has 1 amide bonds. The summed E-state index contributed by atoms with van der Waals surface area (Å²) in [7, 11) is 1.63. The minimum Gasteiger partial charge on any atom is -0.497 e. The van der Waals surface area contributed by atoms with Crippen molar-refractivity contribution in [3.8, 4) is 11.4 Å². The van der Waals surface area contributed by atoms with E-state index in [1.54, 1.807) is 7.11 Å². The number of carbonyl (C=O) groups is 1. The first-order valence-electron chi connectivity index (χ1n) is 9.75. The van der Waals surface area contributed by atoms with Gasteiger partial charge in [-0.2, -0.15) is 0 Å². The number of amides is 1. The first kappa shape index (κ1) is 20.1. The zero-order valence-electron chi connectivity index (χ0n) is 17.0. The average Bonchev–Trinajstić information content (AvgIpc) is 3.06. The minimum absolute atomic E-state index is 0.0857. The molecular formula is C22H22ClN5O2. The molecule has 4 rings (SSSR count). The lowest BCUT2D eigenvalue weighted by Gasteiger charge is -2.14. The average molecular weight is 424 g/mol. The number of ether oxygens (including phenoxy) is 1. The van der Waals surface area contributed by atoms with Crippen LogP contribution in [0.3, 0.4) is 0 Å². The molecule has 0 fully saturated rings. The first-order chi connectivity index (χ1) is 14.5. The highest BCUT2D eigenvalue weighted by atomic mass is 35.5. The molecule has 0 bridgehead atoms. The van der Waals surface area contributed by atoms with Gasteiger partial charge in [0.25, 0.3) is 0 Å². The van der Waals surface area contributed by atoms with E-state index in [1.165, 1.54) is 0 Å². The molecule has 0 spiro atoms. The van der Waals surface area contributed by atoms with Gasteiger partial charge in [-0.15, -0.1) is 10.2 Å². The van der Waals surface area contributed by atoms with Crippen LogP contribution in [0.15, 0.2) is 47.5 Å². The van der Waals surface area contributed by atoms with Gasteiger partial charge in [-0.25, -0.2) is 0 Å². The zero-order valence-corrected chi connectivity index (χ0v) is 17.8. The Morgan fingerprint density at radius 1 is 1.20 bits per heavy atom. The number of rotatable bonds is 5. The third-order valence-electron chi connectivity index (χ3n) is 4.94. The number of aryl methyl sites for hydroxylation is 1. The first-order valence-corrected chi connectivity index (χ1v) is 10.1. The second kappa shape index (κ2) is 8.28. The fraction of sp³-hybridized carbons (Fsp3) is 0.273. The summed E-state index contributed by atoms with van der Waals surface area (Å²) in [5.74, 6) is 1.89. The molecule has 8 heteroatoms. The molecule has 7 nitrogen and oxygen atoms in total.